The second-order valence-corrected chi connectivity index (χ2v) is 9.92. The van der Waals surface area contributed by atoms with Crippen LogP contribution in [0.5, 0.6) is 0 Å². The number of piperazine rings is 1. The molecule has 1 aromatic carbocycles. The SMILES string of the molecule is C[N+]1([O-])CCN(S(=O)(=O)C[C@H](Cc2ccccc2)C(=O)c2nccs2)CC1. The van der Waals surface area contributed by atoms with Crippen molar-refractivity contribution in [3.8, 4) is 0 Å². The Bertz CT molecular complexity index is 857. The zero-order valence-corrected chi connectivity index (χ0v) is 16.8. The number of nitrogens with zero attached hydrogens (tertiary/aromatic N) is 3. The fourth-order valence-corrected chi connectivity index (χ4v) is 5.52. The second-order valence-electron chi connectivity index (χ2n) is 7.01. The molecule has 1 atom stereocenters. The smallest absolute Gasteiger partial charge is 0.215 e. The molecule has 1 saturated heterocycles. The summed E-state index contributed by atoms with van der Waals surface area (Å²) in [5.74, 6) is -1.24. The molecule has 1 fully saturated rings. The molecule has 1 aliphatic rings. The van der Waals surface area contributed by atoms with E-state index in [1.165, 1.54) is 15.6 Å². The van der Waals surface area contributed by atoms with E-state index in [-0.39, 0.29) is 37.7 Å². The first-order chi connectivity index (χ1) is 12.8. The highest BCUT2D eigenvalue weighted by Crippen LogP contribution is 2.21. The molecule has 27 heavy (non-hydrogen) atoms. The van der Waals surface area contributed by atoms with Crippen LogP contribution in [0.1, 0.15) is 15.4 Å². The van der Waals surface area contributed by atoms with Gasteiger partial charge < -0.3 is 9.85 Å². The van der Waals surface area contributed by atoms with Crippen LogP contribution in [0, 0.1) is 11.1 Å². The van der Waals surface area contributed by atoms with E-state index in [2.05, 4.69) is 4.98 Å². The van der Waals surface area contributed by atoms with E-state index < -0.39 is 20.6 Å². The van der Waals surface area contributed by atoms with Crippen LogP contribution in [0.2, 0.25) is 0 Å². The fourth-order valence-electron chi connectivity index (χ4n) is 3.15. The molecule has 0 amide bonds. The number of rotatable bonds is 7. The quantitative estimate of drug-likeness (QED) is 0.395. The summed E-state index contributed by atoms with van der Waals surface area (Å²) in [7, 11) is -2.10. The normalized spacial score (nSPS) is 18.9. The first-order valence-electron chi connectivity index (χ1n) is 8.78. The van der Waals surface area contributed by atoms with Gasteiger partial charge in [-0.1, -0.05) is 30.3 Å². The van der Waals surface area contributed by atoms with Gasteiger partial charge in [0.2, 0.25) is 10.0 Å². The van der Waals surface area contributed by atoms with Crippen LogP contribution < -0.4 is 0 Å². The lowest BCUT2D eigenvalue weighted by molar-refractivity contribution is -0.864. The molecule has 7 nitrogen and oxygen atoms in total. The lowest BCUT2D eigenvalue weighted by atomic mass is 9.97. The van der Waals surface area contributed by atoms with Gasteiger partial charge in [-0.25, -0.2) is 13.4 Å². The lowest BCUT2D eigenvalue weighted by Gasteiger charge is -2.44. The first kappa shape index (κ1) is 20.1. The van der Waals surface area contributed by atoms with Crippen molar-refractivity contribution in [2.45, 2.75) is 6.42 Å². The molecule has 9 heteroatoms. The van der Waals surface area contributed by atoms with Gasteiger partial charge >= 0.3 is 0 Å². The summed E-state index contributed by atoms with van der Waals surface area (Å²) < 4.78 is 26.8. The van der Waals surface area contributed by atoms with Crippen LogP contribution in [0.4, 0.5) is 0 Å². The Morgan fingerprint density at radius 1 is 1.30 bits per heavy atom. The Kier molecular flexibility index (Phi) is 6.07. The molecule has 0 spiro atoms. The maximum Gasteiger partial charge on any atom is 0.215 e. The van der Waals surface area contributed by atoms with E-state index in [0.29, 0.717) is 11.4 Å². The average Bonchev–Trinajstić information content (AvgIpc) is 3.15. The maximum absolute atomic E-state index is 12.9. The Morgan fingerprint density at radius 2 is 1.96 bits per heavy atom. The van der Waals surface area contributed by atoms with Crippen LogP contribution in [0.3, 0.4) is 0 Å². The number of sulfonamides is 1. The minimum atomic E-state index is -3.65. The molecule has 146 valence electrons. The average molecular weight is 410 g/mol. The van der Waals surface area contributed by atoms with Crippen LogP contribution in [-0.2, 0) is 16.4 Å². The number of hydrogen-bond acceptors (Lipinski definition) is 6. The number of aromatic nitrogens is 1. The molecule has 0 aliphatic carbocycles. The number of thiazole rings is 1. The van der Waals surface area contributed by atoms with Gasteiger partial charge in [0.15, 0.2) is 10.8 Å². The van der Waals surface area contributed by atoms with Gasteiger partial charge in [-0.15, -0.1) is 11.3 Å². The molecule has 0 saturated carbocycles. The van der Waals surface area contributed by atoms with Gasteiger partial charge in [0.05, 0.1) is 39.0 Å². The molecule has 1 aromatic heterocycles. The molecule has 0 bridgehead atoms. The highest BCUT2D eigenvalue weighted by molar-refractivity contribution is 7.89. The maximum atomic E-state index is 12.9. The van der Waals surface area contributed by atoms with Crippen LogP contribution in [-0.4, -0.2) is 67.1 Å². The molecule has 1 aliphatic heterocycles. The van der Waals surface area contributed by atoms with E-state index in [0.717, 1.165) is 5.56 Å². The van der Waals surface area contributed by atoms with E-state index >= 15 is 0 Å². The monoisotopic (exact) mass is 409 g/mol. The van der Waals surface area contributed by atoms with E-state index in [4.69, 9.17) is 0 Å². The third-order valence-electron chi connectivity index (χ3n) is 4.79. The zero-order chi connectivity index (χ0) is 19.5. The van der Waals surface area contributed by atoms with Gasteiger partial charge in [-0.2, -0.15) is 4.31 Å². The van der Waals surface area contributed by atoms with Crippen molar-refractivity contribution in [2.24, 2.45) is 5.92 Å². The number of likely N-dealkylation sites (N-methyl/N-ethyl adjacent to an activating group) is 1. The summed E-state index contributed by atoms with van der Waals surface area (Å²) in [6.07, 6.45) is 1.88. The highest BCUT2D eigenvalue weighted by Gasteiger charge is 2.35. The summed E-state index contributed by atoms with van der Waals surface area (Å²) in [4.78, 5) is 16.9. The number of carbonyl (C=O) groups excluding carboxylic acids is 1. The lowest BCUT2D eigenvalue weighted by Crippen LogP contribution is -2.55. The van der Waals surface area contributed by atoms with Crippen molar-refractivity contribution in [2.75, 3.05) is 39.0 Å². The van der Waals surface area contributed by atoms with Gasteiger partial charge in [-0.3, -0.25) is 4.79 Å². The van der Waals surface area contributed by atoms with Crippen molar-refractivity contribution in [1.29, 1.82) is 0 Å². The van der Waals surface area contributed by atoms with Crippen LogP contribution in [0.15, 0.2) is 41.9 Å². The molecule has 2 aromatic rings. The van der Waals surface area contributed by atoms with Gasteiger partial charge in [0, 0.05) is 17.5 Å². The van der Waals surface area contributed by atoms with Crippen molar-refractivity contribution in [3.63, 3.8) is 0 Å². The summed E-state index contributed by atoms with van der Waals surface area (Å²) in [5.41, 5.74) is 0.907. The molecular weight excluding hydrogens is 386 g/mol. The van der Waals surface area contributed by atoms with Crippen LogP contribution >= 0.6 is 11.3 Å². The summed E-state index contributed by atoms with van der Waals surface area (Å²) >= 11 is 1.22. The molecule has 0 radical (unpaired) electrons. The third-order valence-corrected chi connectivity index (χ3v) is 7.55. The molecular formula is C18H23N3O4S2. The Morgan fingerprint density at radius 3 is 2.56 bits per heavy atom. The van der Waals surface area contributed by atoms with E-state index in [1.54, 1.807) is 18.6 Å². The van der Waals surface area contributed by atoms with Crippen molar-refractivity contribution < 1.29 is 17.9 Å². The number of carbonyl (C=O) groups is 1. The number of quaternary nitrogens is 1. The summed E-state index contributed by atoms with van der Waals surface area (Å²) in [6.45, 7) is 0.823. The number of Topliss-reactive ketones (excluding diaryl/α,β-unsaturated/α-hetero) is 1. The van der Waals surface area contributed by atoms with E-state index in [1.807, 2.05) is 30.3 Å². The largest absolute Gasteiger partial charge is 0.633 e. The van der Waals surface area contributed by atoms with Crippen molar-refractivity contribution in [1.82, 2.24) is 9.29 Å². The summed E-state index contributed by atoms with van der Waals surface area (Å²) in [6, 6.07) is 9.38. The number of hydrogen-bond donors (Lipinski definition) is 0. The fraction of sp³-hybridized carbons (Fsp3) is 0.444. The highest BCUT2D eigenvalue weighted by atomic mass is 32.2. The Balaban J connectivity index is 1.79. The standard InChI is InChI=1S/C18H23N3O4S2/c1-21(23)10-8-20(9-11-21)27(24,25)14-16(13-15-5-3-2-4-6-15)17(22)18-19-7-12-26-18/h2-7,12,16H,8-11,13-14H2,1H3/t16-/m0/s1. The topological polar surface area (TPSA) is 90.4 Å². The molecule has 0 unspecified atom stereocenters. The minimum absolute atomic E-state index is 0.186. The van der Waals surface area contributed by atoms with Crippen molar-refractivity contribution >= 4 is 27.1 Å². The van der Waals surface area contributed by atoms with Gasteiger partial charge in [0.1, 0.15) is 0 Å². The van der Waals surface area contributed by atoms with Crippen molar-refractivity contribution in [3.05, 3.63) is 57.7 Å². The molecule has 0 N–H and O–H groups in total. The van der Waals surface area contributed by atoms with Gasteiger partial charge in [-0.05, 0) is 12.0 Å². The Labute approximate surface area is 163 Å². The minimum Gasteiger partial charge on any atom is -0.633 e. The Hall–Kier alpha value is -1.65. The second kappa shape index (κ2) is 8.15. The first-order valence-corrected chi connectivity index (χ1v) is 11.3. The third kappa shape index (κ3) is 5.20. The predicted octanol–water partition coefficient (Wildman–Crippen LogP) is 1.77. The molecule has 3 rings (SSSR count). The van der Waals surface area contributed by atoms with E-state index in [9.17, 15) is 18.4 Å². The van der Waals surface area contributed by atoms with Gasteiger partial charge in [0.25, 0.3) is 0 Å². The summed E-state index contributed by atoms with van der Waals surface area (Å²) in [5, 5.41) is 14.0. The number of hydroxylamine groups is 3. The molecule has 2 heterocycles. The zero-order valence-electron chi connectivity index (χ0n) is 15.2. The predicted molar refractivity (Wildman–Crippen MR) is 105 cm³/mol. The van der Waals surface area contributed by atoms with Crippen LogP contribution in [0.25, 0.3) is 0 Å². The number of benzene rings is 1. The number of ketones is 1.